The van der Waals surface area contributed by atoms with Crippen LogP contribution in [0.2, 0.25) is 0 Å². The van der Waals surface area contributed by atoms with Gasteiger partial charge in [-0.2, -0.15) is 0 Å². The van der Waals surface area contributed by atoms with Crippen molar-refractivity contribution in [2.45, 2.75) is 38.6 Å². The van der Waals surface area contributed by atoms with E-state index in [1.165, 1.54) is 0 Å². The molecule has 1 atom stereocenters. The number of ether oxygens (including phenoxy) is 1. The first kappa shape index (κ1) is 13.7. The van der Waals surface area contributed by atoms with Crippen molar-refractivity contribution < 1.29 is 14.3 Å². The average Bonchev–Trinajstić information content (AvgIpc) is 2.74. The summed E-state index contributed by atoms with van der Waals surface area (Å²) >= 11 is 0. The van der Waals surface area contributed by atoms with Crippen LogP contribution >= 0.6 is 0 Å². The molecule has 5 nitrogen and oxygen atoms in total. The van der Waals surface area contributed by atoms with Crippen molar-refractivity contribution in [1.29, 1.82) is 0 Å². The molecule has 0 aliphatic carbocycles. The fourth-order valence-electron chi connectivity index (χ4n) is 2.87. The summed E-state index contributed by atoms with van der Waals surface area (Å²) in [5.74, 6) is 1.00. The van der Waals surface area contributed by atoms with Gasteiger partial charge in [-0.25, -0.2) is 0 Å². The molecule has 1 aromatic carbocycles. The van der Waals surface area contributed by atoms with Crippen LogP contribution in [-0.2, 0) is 9.59 Å². The zero-order chi connectivity index (χ0) is 15.1. The molecule has 2 amide bonds. The smallest absolute Gasteiger partial charge is 0.249 e. The van der Waals surface area contributed by atoms with Gasteiger partial charge in [0.1, 0.15) is 6.04 Å². The van der Waals surface area contributed by atoms with E-state index >= 15 is 0 Å². The first-order chi connectivity index (χ1) is 9.99. The van der Waals surface area contributed by atoms with Crippen LogP contribution in [0.5, 0.6) is 5.75 Å². The number of hydrogen-bond acceptors (Lipinski definition) is 4. The number of rotatable bonds is 2. The lowest BCUT2D eigenvalue weighted by atomic mass is 10.00. The molecule has 1 unspecified atom stereocenters. The Kier molecular flexibility index (Phi) is 3.20. The van der Waals surface area contributed by atoms with Crippen LogP contribution in [0.3, 0.4) is 0 Å². The number of imide groups is 1. The first-order valence-corrected chi connectivity index (χ1v) is 7.11. The van der Waals surface area contributed by atoms with Gasteiger partial charge in [-0.05, 0) is 30.5 Å². The van der Waals surface area contributed by atoms with Crippen molar-refractivity contribution >= 4 is 17.5 Å². The lowest BCUT2D eigenvalue weighted by Crippen LogP contribution is -2.51. The minimum Gasteiger partial charge on any atom is -0.439 e. The first-order valence-electron chi connectivity index (χ1n) is 7.11. The highest BCUT2D eigenvalue weighted by molar-refractivity contribution is 6.02. The van der Waals surface area contributed by atoms with Crippen molar-refractivity contribution in [2.24, 2.45) is 0 Å². The van der Waals surface area contributed by atoms with Gasteiger partial charge in [-0.15, -0.1) is 0 Å². The highest BCUT2D eigenvalue weighted by Gasteiger charge is 2.39. The summed E-state index contributed by atoms with van der Waals surface area (Å²) in [6, 6.07) is 5.45. The maximum atomic E-state index is 12.1. The van der Waals surface area contributed by atoms with Gasteiger partial charge in [-0.1, -0.05) is 26.0 Å². The molecule has 21 heavy (non-hydrogen) atoms. The van der Waals surface area contributed by atoms with Crippen molar-refractivity contribution in [3.8, 4) is 5.75 Å². The molecule has 5 heteroatoms. The Morgan fingerprint density at radius 3 is 2.81 bits per heavy atom. The average molecular weight is 286 g/mol. The van der Waals surface area contributed by atoms with Crippen LogP contribution in [0.25, 0.3) is 0 Å². The third-order valence-corrected chi connectivity index (χ3v) is 3.92. The number of nitrogens with one attached hydrogen (secondary N) is 1. The van der Waals surface area contributed by atoms with Crippen LogP contribution in [0, 0.1) is 0 Å². The van der Waals surface area contributed by atoms with E-state index in [9.17, 15) is 9.59 Å². The van der Waals surface area contributed by atoms with E-state index in [-0.39, 0.29) is 11.8 Å². The quantitative estimate of drug-likeness (QED) is 0.847. The number of nitrogens with zero attached hydrogens (tertiary/aromatic N) is 1. The second kappa shape index (κ2) is 4.91. The van der Waals surface area contributed by atoms with Gasteiger partial charge in [0, 0.05) is 6.42 Å². The fourth-order valence-corrected chi connectivity index (χ4v) is 2.87. The largest absolute Gasteiger partial charge is 0.439 e. The van der Waals surface area contributed by atoms with E-state index in [0.717, 1.165) is 17.0 Å². The summed E-state index contributed by atoms with van der Waals surface area (Å²) in [7, 11) is 0. The molecule has 0 aromatic heterocycles. The van der Waals surface area contributed by atoms with Gasteiger partial charge in [0.2, 0.25) is 11.8 Å². The maximum Gasteiger partial charge on any atom is 0.249 e. The highest BCUT2D eigenvalue weighted by Crippen LogP contribution is 2.45. The molecule has 0 spiro atoms. The molecule has 2 aliphatic rings. The Labute approximate surface area is 123 Å². The Hall–Kier alpha value is -2.30. The van der Waals surface area contributed by atoms with E-state index in [1.54, 1.807) is 4.90 Å². The van der Waals surface area contributed by atoms with Crippen LogP contribution in [0.15, 0.2) is 30.7 Å². The van der Waals surface area contributed by atoms with Crippen LogP contribution in [0.4, 0.5) is 5.69 Å². The monoisotopic (exact) mass is 286 g/mol. The number of benzene rings is 1. The zero-order valence-corrected chi connectivity index (χ0v) is 12.2. The molecule has 110 valence electrons. The molecule has 1 aromatic rings. The molecular weight excluding hydrogens is 268 g/mol. The summed E-state index contributed by atoms with van der Waals surface area (Å²) in [6.45, 7) is 8.11. The number of anilines is 1. The Bertz CT molecular complexity index is 636. The lowest BCUT2D eigenvalue weighted by molar-refractivity contribution is -0.134. The van der Waals surface area contributed by atoms with Crippen LogP contribution < -0.4 is 15.0 Å². The SMILES string of the molecule is C=C1Oc2c(C(C)C)cccc2N1C1CCC(=O)NC1=O. The molecule has 1 N–H and O–H groups in total. The van der Waals surface area contributed by atoms with E-state index in [1.807, 2.05) is 18.2 Å². The maximum absolute atomic E-state index is 12.1. The molecule has 2 heterocycles. The predicted molar refractivity (Wildman–Crippen MR) is 78.9 cm³/mol. The number of carbonyl (C=O) groups is 2. The normalized spacial score (nSPS) is 21.4. The summed E-state index contributed by atoms with van der Waals surface area (Å²) in [5.41, 5.74) is 1.93. The number of amides is 2. The standard InChI is InChI=1S/C16H18N2O3/c1-9(2)11-5-4-6-12-15(11)21-10(3)18(12)13-7-8-14(19)17-16(13)20/h4-6,9,13H,3,7-8H2,1-2H3,(H,17,19,20). The van der Waals surface area contributed by atoms with Crippen molar-refractivity contribution in [3.05, 3.63) is 36.2 Å². The number of para-hydroxylation sites is 1. The summed E-state index contributed by atoms with van der Waals surface area (Å²) < 4.78 is 5.81. The molecule has 0 bridgehead atoms. The molecule has 0 saturated carbocycles. The van der Waals surface area contributed by atoms with Gasteiger partial charge in [0.15, 0.2) is 11.6 Å². The number of fused-ring (bicyclic) bond motifs is 1. The third-order valence-electron chi connectivity index (χ3n) is 3.92. The number of carbonyl (C=O) groups excluding carboxylic acids is 2. The second-order valence-corrected chi connectivity index (χ2v) is 5.68. The van der Waals surface area contributed by atoms with Crippen molar-refractivity contribution in [2.75, 3.05) is 4.90 Å². The van der Waals surface area contributed by atoms with Gasteiger partial charge in [0.25, 0.3) is 0 Å². The van der Waals surface area contributed by atoms with Crippen molar-refractivity contribution in [3.63, 3.8) is 0 Å². The minimum absolute atomic E-state index is 0.224. The molecule has 0 radical (unpaired) electrons. The van der Waals surface area contributed by atoms with Gasteiger partial charge < -0.3 is 4.74 Å². The van der Waals surface area contributed by atoms with Gasteiger partial charge in [-0.3, -0.25) is 19.8 Å². The van der Waals surface area contributed by atoms with Crippen molar-refractivity contribution in [1.82, 2.24) is 5.32 Å². The molecule has 2 aliphatic heterocycles. The van der Waals surface area contributed by atoms with E-state index in [0.29, 0.717) is 24.6 Å². The minimum atomic E-state index is -0.445. The highest BCUT2D eigenvalue weighted by atomic mass is 16.5. The summed E-state index contributed by atoms with van der Waals surface area (Å²) in [6.07, 6.45) is 0.803. The molecule has 3 rings (SSSR count). The zero-order valence-electron chi connectivity index (χ0n) is 12.2. The lowest BCUT2D eigenvalue weighted by Gasteiger charge is -2.30. The van der Waals surface area contributed by atoms with E-state index in [4.69, 9.17) is 4.74 Å². The van der Waals surface area contributed by atoms with Gasteiger partial charge in [0.05, 0.1) is 5.69 Å². The topological polar surface area (TPSA) is 58.6 Å². The number of hydrogen-bond donors (Lipinski definition) is 1. The van der Waals surface area contributed by atoms with Gasteiger partial charge >= 0.3 is 0 Å². The third kappa shape index (κ3) is 2.18. The van der Waals surface area contributed by atoms with E-state index in [2.05, 4.69) is 25.7 Å². The molecular formula is C16H18N2O3. The van der Waals surface area contributed by atoms with E-state index < -0.39 is 6.04 Å². The molecule has 1 saturated heterocycles. The van der Waals surface area contributed by atoms with Crippen LogP contribution in [-0.4, -0.2) is 17.9 Å². The van der Waals surface area contributed by atoms with Crippen LogP contribution in [0.1, 0.15) is 38.2 Å². The Morgan fingerprint density at radius 2 is 2.14 bits per heavy atom. The number of piperidine rings is 1. The molecule has 1 fully saturated rings. The Morgan fingerprint density at radius 1 is 1.38 bits per heavy atom. The predicted octanol–water partition coefficient (Wildman–Crippen LogP) is 2.29. The summed E-state index contributed by atoms with van der Waals surface area (Å²) in [4.78, 5) is 25.2. The second-order valence-electron chi connectivity index (χ2n) is 5.68. The fraction of sp³-hybridized carbons (Fsp3) is 0.375. The Balaban J connectivity index is 2.00. The summed E-state index contributed by atoms with van der Waals surface area (Å²) in [5, 5.41) is 2.38.